The zero-order valence-electron chi connectivity index (χ0n) is 24.1. The Morgan fingerprint density at radius 2 is 1.45 bits per heavy atom. The number of halogens is 9. The molecule has 1 aliphatic heterocycles. The Kier molecular flexibility index (Phi) is 10.4. The second-order valence-electron chi connectivity index (χ2n) is 10.8. The monoisotopic (exact) mass is 642 g/mol. The van der Waals surface area contributed by atoms with Crippen molar-refractivity contribution in [3.63, 3.8) is 0 Å². The number of carbonyl (C=O) groups excluding carboxylic acids is 2. The first-order valence-corrected chi connectivity index (χ1v) is 13.6. The Morgan fingerprint density at radius 3 is 1.95 bits per heavy atom. The smallest absolute Gasteiger partial charge is 0.416 e. The second kappa shape index (κ2) is 13.1. The van der Waals surface area contributed by atoms with Gasteiger partial charge in [0.15, 0.2) is 0 Å². The molecule has 3 unspecified atom stereocenters. The maximum absolute atomic E-state index is 13.6. The van der Waals surface area contributed by atoms with Crippen LogP contribution in [0.5, 0.6) is 0 Å². The lowest BCUT2D eigenvalue weighted by atomic mass is 9.83. The minimum Gasteiger partial charge on any atom is -0.449 e. The predicted octanol–water partition coefficient (Wildman–Crippen LogP) is 8.92. The molecule has 0 saturated carbocycles. The lowest BCUT2D eigenvalue weighted by molar-refractivity contribution is -0.143. The normalized spacial score (nSPS) is 18.1. The molecule has 15 heteroatoms. The summed E-state index contributed by atoms with van der Waals surface area (Å²) in [5, 5.41) is 2.45. The average molecular weight is 643 g/mol. The van der Waals surface area contributed by atoms with Crippen LogP contribution in [0.2, 0.25) is 0 Å². The summed E-state index contributed by atoms with van der Waals surface area (Å²) in [6.45, 7) is 6.24. The van der Waals surface area contributed by atoms with Crippen LogP contribution in [0.1, 0.15) is 74.4 Å². The third-order valence-corrected chi connectivity index (χ3v) is 7.20. The molecule has 0 bridgehead atoms. The van der Waals surface area contributed by atoms with Gasteiger partial charge in [-0.25, -0.2) is 9.59 Å². The number of alkyl carbamates (subject to hydrolysis) is 1. The van der Waals surface area contributed by atoms with Crippen LogP contribution in [0.25, 0.3) is 0 Å². The van der Waals surface area contributed by atoms with E-state index in [2.05, 4.69) is 5.32 Å². The molecule has 44 heavy (non-hydrogen) atoms. The van der Waals surface area contributed by atoms with Gasteiger partial charge in [0.2, 0.25) is 0 Å². The van der Waals surface area contributed by atoms with Gasteiger partial charge in [-0.3, -0.25) is 4.90 Å². The molecule has 1 aliphatic rings. The fraction of sp³-hybridized carbons (Fsp3) is 0.517. The van der Waals surface area contributed by atoms with Crippen molar-refractivity contribution < 1.29 is 58.6 Å². The zero-order chi connectivity index (χ0) is 33.2. The van der Waals surface area contributed by atoms with Crippen LogP contribution >= 0.6 is 0 Å². The van der Waals surface area contributed by atoms with Gasteiger partial charge in [0, 0.05) is 12.5 Å². The fourth-order valence-corrected chi connectivity index (χ4v) is 4.88. The van der Waals surface area contributed by atoms with E-state index in [4.69, 9.17) is 9.47 Å². The quantitative estimate of drug-likeness (QED) is 0.307. The van der Waals surface area contributed by atoms with Crippen molar-refractivity contribution in [3.05, 3.63) is 64.2 Å². The van der Waals surface area contributed by atoms with Gasteiger partial charge in [-0.2, -0.15) is 39.5 Å². The van der Waals surface area contributed by atoms with Gasteiger partial charge in [0.25, 0.3) is 0 Å². The molecule has 2 amide bonds. The van der Waals surface area contributed by atoms with Crippen LogP contribution in [0.4, 0.5) is 54.8 Å². The van der Waals surface area contributed by atoms with E-state index in [1.165, 1.54) is 4.90 Å². The molecule has 2 aromatic rings. The number of benzene rings is 2. The van der Waals surface area contributed by atoms with E-state index in [1.54, 1.807) is 13.8 Å². The second-order valence-corrected chi connectivity index (χ2v) is 10.8. The first kappa shape index (κ1) is 34.8. The van der Waals surface area contributed by atoms with E-state index in [0.29, 0.717) is 18.6 Å². The van der Waals surface area contributed by atoms with Gasteiger partial charge in [0.05, 0.1) is 41.1 Å². The highest BCUT2D eigenvalue weighted by atomic mass is 19.4. The maximum Gasteiger partial charge on any atom is 0.416 e. The molecule has 244 valence electrons. The van der Waals surface area contributed by atoms with E-state index in [9.17, 15) is 49.1 Å². The molecular weight excluding hydrogens is 611 g/mol. The standard InChI is InChI=1S/C29H31F9N2O4/c1-5-16(4)24-14-22(21-13-18(27(30,31)32)6-7-23(21)40(24)26(42)44-15(2)3)39-25(41)43-9-8-17-10-19(28(33,34)35)12-20(11-17)29(36,37)38/h6-7,10-13,15-16,22,24H,5,8-9,14H2,1-4H3,(H,39,41). The predicted molar refractivity (Wildman–Crippen MR) is 141 cm³/mol. The van der Waals surface area contributed by atoms with Crippen LogP contribution in [0, 0.1) is 5.92 Å². The lowest BCUT2D eigenvalue weighted by Crippen LogP contribution is -2.51. The number of nitrogens with zero attached hydrogens (tertiary/aromatic N) is 1. The number of ether oxygens (including phenoxy) is 2. The van der Waals surface area contributed by atoms with Crippen LogP contribution in [-0.2, 0) is 34.4 Å². The average Bonchev–Trinajstić information content (AvgIpc) is 2.90. The highest BCUT2D eigenvalue weighted by molar-refractivity contribution is 5.91. The third-order valence-electron chi connectivity index (χ3n) is 7.20. The molecule has 0 saturated heterocycles. The summed E-state index contributed by atoms with van der Waals surface area (Å²) in [6, 6.07) is 1.99. The van der Waals surface area contributed by atoms with E-state index in [1.807, 2.05) is 13.8 Å². The number of amides is 2. The van der Waals surface area contributed by atoms with Crippen molar-refractivity contribution in [1.29, 1.82) is 0 Å². The summed E-state index contributed by atoms with van der Waals surface area (Å²) < 4.78 is 130. The molecular formula is C29H31F9N2O4. The summed E-state index contributed by atoms with van der Waals surface area (Å²) in [5.41, 5.74) is -4.46. The van der Waals surface area contributed by atoms with Gasteiger partial charge in [-0.15, -0.1) is 0 Å². The molecule has 0 spiro atoms. The number of anilines is 1. The summed E-state index contributed by atoms with van der Waals surface area (Å²) in [6.07, 6.45) is -17.3. The summed E-state index contributed by atoms with van der Waals surface area (Å²) in [4.78, 5) is 27.1. The molecule has 2 aromatic carbocycles. The van der Waals surface area contributed by atoms with Crippen molar-refractivity contribution in [2.75, 3.05) is 11.5 Å². The fourth-order valence-electron chi connectivity index (χ4n) is 4.88. The Hall–Kier alpha value is -3.65. The van der Waals surface area contributed by atoms with Crippen molar-refractivity contribution in [2.45, 2.75) is 83.7 Å². The van der Waals surface area contributed by atoms with Crippen molar-refractivity contribution in [1.82, 2.24) is 5.32 Å². The minimum absolute atomic E-state index is 0.0270. The van der Waals surface area contributed by atoms with Crippen molar-refractivity contribution in [3.8, 4) is 0 Å². The number of rotatable bonds is 7. The molecule has 1 heterocycles. The maximum atomic E-state index is 13.6. The van der Waals surface area contributed by atoms with Crippen LogP contribution in [-0.4, -0.2) is 30.9 Å². The zero-order valence-corrected chi connectivity index (χ0v) is 24.1. The molecule has 3 atom stereocenters. The third kappa shape index (κ3) is 8.50. The number of nitrogens with one attached hydrogen (secondary N) is 1. The van der Waals surface area contributed by atoms with Gasteiger partial charge in [-0.05, 0) is 73.7 Å². The molecule has 0 aliphatic carbocycles. The molecule has 1 N–H and O–H groups in total. The Balaban J connectivity index is 1.87. The molecule has 0 aromatic heterocycles. The summed E-state index contributed by atoms with van der Waals surface area (Å²) in [5.74, 6) is -0.200. The first-order valence-electron chi connectivity index (χ1n) is 13.6. The number of hydrogen-bond donors (Lipinski definition) is 1. The lowest BCUT2D eigenvalue weighted by Gasteiger charge is -2.43. The van der Waals surface area contributed by atoms with E-state index in [-0.39, 0.29) is 29.7 Å². The largest absolute Gasteiger partial charge is 0.449 e. The topological polar surface area (TPSA) is 67.9 Å². The van der Waals surface area contributed by atoms with Gasteiger partial charge < -0.3 is 14.8 Å². The van der Waals surface area contributed by atoms with E-state index >= 15 is 0 Å². The Bertz CT molecular complexity index is 1310. The molecule has 3 rings (SSSR count). The first-order chi connectivity index (χ1) is 20.2. The SMILES string of the molecule is CCC(C)C1CC(NC(=O)OCCc2cc(C(F)(F)F)cc(C(F)(F)F)c2)c2cc(C(F)(F)F)ccc2N1C(=O)OC(C)C. The number of alkyl halides is 9. The highest BCUT2D eigenvalue weighted by Gasteiger charge is 2.42. The van der Waals surface area contributed by atoms with Crippen molar-refractivity contribution in [2.24, 2.45) is 5.92 Å². The van der Waals surface area contributed by atoms with Crippen LogP contribution < -0.4 is 10.2 Å². The number of carbonyl (C=O) groups is 2. The van der Waals surface area contributed by atoms with E-state index < -0.39 is 84.2 Å². The summed E-state index contributed by atoms with van der Waals surface area (Å²) >= 11 is 0. The van der Waals surface area contributed by atoms with E-state index in [0.717, 1.165) is 18.2 Å². The molecule has 6 nitrogen and oxygen atoms in total. The Labute approximate surface area is 247 Å². The number of fused-ring (bicyclic) bond motifs is 1. The van der Waals surface area contributed by atoms with Crippen LogP contribution in [0.15, 0.2) is 36.4 Å². The van der Waals surface area contributed by atoms with Gasteiger partial charge >= 0.3 is 30.7 Å². The Morgan fingerprint density at radius 1 is 0.886 bits per heavy atom. The summed E-state index contributed by atoms with van der Waals surface area (Å²) in [7, 11) is 0. The number of hydrogen-bond acceptors (Lipinski definition) is 4. The minimum atomic E-state index is -5.06. The van der Waals surface area contributed by atoms with Gasteiger partial charge in [0.1, 0.15) is 0 Å². The molecule has 0 radical (unpaired) electrons. The highest BCUT2D eigenvalue weighted by Crippen LogP contribution is 2.43. The van der Waals surface area contributed by atoms with Gasteiger partial charge in [-0.1, -0.05) is 20.3 Å². The van der Waals surface area contributed by atoms with Crippen molar-refractivity contribution >= 4 is 17.9 Å². The van der Waals surface area contributed by atoms with Crippen LogP contribution in [0.3, 0.4) is 0 Å². The molecule has 0 fully saturated rings.